The maximum absolute atomic E-state index is 4.41. The largest absolute Gasteiger partial charge is 0.304 e. The van der Waals surface area contributed by atoms with Crippen LogP contribution in [0.3, 0.4) is 0 Å². The lowest BCUT2D eigenvalue weighted by molar-refractivity contribution is 0.601. The molecule has 0 aliphatic rings. The highest BCUT2D eigenvalue weighted by molar-refractivity contribution is 5.82. The molecule has 3 rings (SSSR count). The summed E-state index contributed by atoms with van der Waals surface area (Å²) >= 11 is 0. The summed E-state index contributed by atoms with van der Waals surface area (Å²) in [6.45, 7) is 2.93. The Morgan fingerprint density at radius 1 is 0.950 bits per heavy atom. The Kier molecular flexibility index (Phi) is 3.65. The van der Waals surface area contributed by atoms with Gasteiger partial charge in [-0.1, -0.05) is 25.1 Å². The number of hydrogen-bond donors (Lipinski definition) is 1. The zero-order valence-electron chi connectivity index (χ0n) is 11.3. The number of nitrogens with one attached hydrogen (secondary N) is 1. The van der Waals surface area contributed by atoms with Gasteiger partial charge in [0, 0.05) is 24.0 Å². The van der Waals surface area contributed by atoms with Gasteiger partial charge in [-0.2, -0.15) is 0 Å². The standard InChI is InChI=1S/C16H16N4/c1-2-17-15(16-19-10-5-11-20-16)13-6-3-8-14-12(13)7-4-9-18-14/h3-11,15,17H,2H2,1H3. The number of aromatic nitrogens is 3. The zero-order valence-corrected chi connectivity index (χ0v) is 11.3. The van der Waals surface area contributed by atoms with Crippen molar-refractivity contribution in [2.45, 2.75) is 13.0 Å². The molecule has 0 aliphatic carbocycles. The lowest BCUT2D eigenvalue weighted by Crippen LogP contribution is -2.24. The molecule has 2 heterocycles. The van der Waals surface area contributed by atoms with Gasteiger partial charge in [-0.3, -0.25) is 4.98 Å². The minimum absolute atomic E-state index is 0.0194. The highest BCUT2D eigenvalue weighted by atomic mass is 15.0. The third-order valence-corrected chi connectivity index (χ3v) is 3.24. The second-order valence-electron chi connectivity index (χ2n) is 4.52. The number of rotatable bonds is 4. The fourth-order valence-electron chi connectivity index (χ4n) is 2.38. The summed E-state index contributed by atoms with van der Waals surface area (Å²) in [5.41, 5.74) is 2.15. The average molecular weight is 264 g/mol. The van der Waals surface area contributed by atoms with Crippen LogP contribution in [0, 0.1) is 0 Å². The van der Waals surface area contributed by atoms with Gasteiger partial charge in [0.05, 0.1) is 11.6 Å². The fourth-order valence-corrected chi connectivity index (χ4v) is 2.38. The van der Waals surface area contributed by atoms with Crippen LogP contribution in [-0.4, -0.2) is 21.5 Å². The summed E-state index contributed by atoms with van der Waals surface area (Å²) in [5.74, 6) is 0.783. The third-order valence-electron chi connectivity index (χ3n) is 3.24. The summed E-state index contributed by atoms with van der Waals surface area (Å²) in [6.07, 6.45) is 5.36. The first-order valence-corrected chi connectivity index (χ1v) is 6.74. The van der Waals surface area contributed by atoms with Gasteiger partial charge in [-0.15, -0.1) is 0 Å². The molecule has 0 aliphatic heterocycles. The first-order valence-electron chi connectivity index (χ1n) is 6.74. The molecule has 1 N–H and O–H groups in total. The molecule has 0 bridgehead atoms. The quantitative estimate of drug-likeness (QED) is 0.787. The van der Waals surface area contributed by atoms with Crippen LogP contribution in [0.15, 0.2) is 55.0 Å². The molecule has 3 aromatic rings. The van der Waals surface area contributed by atoms with E-state index in [1.165, 1.54) is 0 Å². The van der Waals surface area contributed by atoms with Crippen molar-refractivity contribution >= 4 is 10.9 Å². The zero-order chi connectivity index (χ0) is 13.8. The van der Waals surface area contributed by atoms with Crippen LogP contribution >= 0.6 is 0 Å². The van der Waals surface area contributed by atoms with Crippen LogP contribution in [-0.2, 0) is 0 Å². The Balaban J connectivity index is 2.15. The Labute approximate surface area is 117 Å². The van der Waals surface area contributed by atoms with Gasteiger partial charge >= 0.3 is 0 Å². The molecule has 20 heavy (non-hydrogen) atoms. The van der Waals surface area contributed by atoms with Crippen molar-refractivity contribution in [2.75, 3.05) is 6.54 Å². The fraction of sp³-hybridized carbons (Fsp3) is 0.188. The average Bonchev–Trinajstić information content (AvgIpc) is 2.53. The van der Waals surface area contributed by atoms with Gasteiger partial charge in [0.1, 0.15) is 5.82 Å². The van der Waals surface area contributed by atoms with Crippen molar-refractivity contribution in [3.63, 3.8) is 0 Å². The predicted octanol–water partition coefficient (Wildman–Crippen LogP) is 2.72. The van der Waals surface area contributed by atoms with E-state index in [-0.39, 0.29) is 6.04 Å². The highest BCUT2D eigenvalue weighted by Gasteiger charge is 2.17. The molecule has 1 unspecified atom stereocenters. The van der Waals surface area contributed by atoms with Crippen molar-refractivity contribution in [3.05, 3.63) is 66.4 Å². The normalized spacial score (nSPS) is 12.4. The van der Waals surface area contributed by atoms with Crippen LogP contribution in [0.2, 0.25) is 0 Å². The summed E-state index contributed by atoms with van der Waals surface area (Å²) in [7, 11) is 0. The Morgan fingerprint density at radius 3 is 2.55 bits per heavy atom. The van der Waals surface area contributed by atoms with E-state index in [9.17, 15) is 0 Å². The van der Waals surface area contributed by atoms with Gasteiger partial charge in [0.25, 0.3) is 0 Å². The molecule has 100 valence electrons. The molecule has 1 aromatic carbocycles. The van der Waals surface area contributed by atoms with Crippen molar-refractivity contribution in [3.8, 4) is 0 Å². The second-order valence-corrected chi connectivity index (χ2v) is 4.52. The maximum atomic E-state index is 4.41. The van der Waals surface area contributed by atoms with Gasteiger partial charge in [-0.25, -0.2) is 9.97 Å². The minimum atomic E-state index is -0.0194. The van der Waals surface area contributed by atoms with E-state index in [2.05, 4.69) is 39.3 Å². The van der Waals surface area contributed by atoms with E-state index in [1.807, 2.05) is 30.5 Å². The number of nitrogens with zero attached hydrogens (tertiary/aromatic N) is 3. The molecule has 0 spiro atoms. The number of fused-ring (bicyclic) bond motifs is 1. The molecule has 0 saturated heterocycles. The summed E-state index contributed by atoms with van der Waals surface area (Å²) in [6, 6.07) is 12.0. The van der Waals surface area contributed by atoms with Crippen molar-refractivity contribution in [1.29, 1.82) is 0 Å². The Hall–Kier alpha value is -2.33. The van der Waals surface area contributed by atoms with Crippen molar-refractivity contribution < 1.29 is 0 Å². The molecule has 4 nitrogen and oxygen atoms in total. The van der Waals surface area contributed by atoms with Crippen LogP contribution in [0.4, 0.5) is 0 Å². The van der Waals surface area contributed by atoms with Gasteiger partial charge < -0.3 is 5.32 Å². The molecular formula is C16H16N4. The van der Waals surface area contributed by atoms with E-state index in [0.717, 1.165) is 28.8 Å². The SMILES string of the molecule is CCNC(c1ncccn1)c1cccc2ncccc12. The lowest BCUT2D eigenvalue weighted by Gasteiger charge is -2.18. The molecule has 0 amide bonds. The second kappa shape index (κ2) is 5.75. The van der Waals surface area contributed by atoms with E-state index in [1.54, 1.807) is 12.4 Å². The van der Waals surface area contributed by atoms with Crippen LogP contribution in [0.1, 0.15) is 24.4 Å². The number of pyridine rings is 1. The molecule has 0 fully saturated rings. The smallest absolute Gasteiger partial charge is 0.149 e. The van der Waals surface area contributed by atoms with Crippen LogP contribution < -0.4 is 5.32 Å². The van der Waals surface area contributed by atoms with Crippen molar-refractivity contribution in [1.82, 2.24) is 20.3 Å². The Morgan fingerprint density at radius 2 is 1.75 bits per heavy atom. The first kappa shape index (κ1) is 12.7. The maximum Gasteiger partial charge on any atom is 0.149 e. The van der Waals surface area contributed by atoms with Crippen LogP contribution in [0.25, 0.3) is 10.9 Å². The number of benzene rings is 1. The van der Waals surface area contributed by atoms with Gasteiger partial charge in [0.2, 0.25) is 0 Å². The minimum Gasteiger partial charge on any atom is -0.304 e. The molecule has 0 saturated carbocycles. The lowest BCUT2D eigenvalue weighted by atomic mass is 10.0. The summed E-state index contributed by atoms with van der Waals surface area (Å²) < 4.78 is 0. The molecular weight excluding hydrogens is 248 g/mol. The predicted molar refractivity (Wildman–Crippen MR) is 79.3 cm³/mol. The molecule has 0 radical (unpaired) electrons. The highest BCUT2D eigenvalue weighted by Crippen LogP contribution is 2.26. The summed E-state index contributed by atoms with van der Waals surface area (Å²) in [4.78, 5) is 13.2. The summed E-state index contributed by atoms with van der Waals surface area (Å²) in [5, 5.41) is 4.59. The molecule has 2 aromatic heterocycles. The van der Waals surface area contributed by atoms with E-state index in [0.29, 0.717) is 0 Å². The Bertz CT molecular complexity index is 692. The molecule has 1 atom stereocenters. The van der Waals surface area contributed by atoms with E-state index in [4.69, 9.17) is 0 Å². The number of hydrogen-bond acceptors (Lipinski definition) is 4. The van der Waals surface area contributed by atoms with Crippen LogP contribution in [0.5, 0.6) is 0 Å². The molecule has 4 heteroatoms. The van der Waals surface area contributed by atoms with E-state index >= 15 is 0 Å². The van der Waals surface area contributed by atoms with E-state index < -0.39 is 0 Å². The van der Waals surface area contributed by atoms with Gasteiger partial charge in [-0.05, 0) is 30.3 Å². The topological polar surface area (TPSA) is 50.7 Å². The third kappa shape index (κ3) is 2.38. The van der Waals surface area contributed by atoms with Crippen molar-refractivity contribution in [2.24, 2.45) is 0 Å². The van der Waals surface area contributed by atoms with Gasteiger partial charge in [0.15, 0.2) is 0 Å². The first-order chi connectivity index (χ1) is 9.90. The monoisotopic (exact) mass is 264 g/mol.